The standard InChI is InChI=1S/C16H24FN3O4S/c1-20(2)15(21)11-18-16(5-7-24-8-6-16)13-4-3-12(14(17)9-13)10-19-25(22)23/h3-4,9,18-19H,5-8,10-11H2,1-2H3,(H,22,23)/p-1. The van der Waals surface area contributed by atoms with Gasteiger partial charge in [-0.3, -0.25) is 14.3 Å². The Labute approximate surface area is 149 Å². The fourth-order valence-corrected chi connectivity index (χ4v) is 3.09. The number of ether oxygens (including phenoxy) is 1. The van der Waals surface area contributed by atoms with Gasteiger partial charge in [-0.05, 0) is 24.5 Å². The SMILES string of the molecule is CN(C)C(=O)CNC1(c2ccc(CNS(=O)[O-])c(F)c2)CCOCC1. The van der Waals surface area contributed by atoms with Gasteiger partial charge in [0.1, 0.15) is 5.82 Å². The second-order valence-electron chi connectivity index (χ2n) is 6.20. The maximum Gasteiger partial charge on any atom is 0.236 e. The first-order chi connectivity index (χ1) is 11.8. The van der Waals surface area contributed by atoms with Crippen molar-refractivity contribution < 1.29 is 22.7 Å². The van der Waals surface area contributed by atoms with Gasteiger partial charge in [-0.25, -0.2) is 9.11 Å². The minimum atomic E-state index is -2.44. The van der Waals surface area contributed by atoms with Gasteiger partial charge in [-0.15, -0.1) is 0 Å². The molecule has 2 N–H and O–H groups in total. The lowest BCUT2D eigenvalue weighted by molar-refractivity contribution is -0.128. The van der Waals surface area contributed by atoms with Crippen LogP contribution >= 0.6 is 0 Å². The molecule has 1 amide bonds. The smallest absolute Gasteiger partial charge is 0.236 e. The number of hydrogen-bond donors (Lipinski definition) is 2. The molecule has 9 heteroatoms. The van der Waals surface area contributed by atoms with Crippen LogP contribution in [0, 0.1) is 5.82 Å². The van der Waals surface area contributed by atoms with E-state index in [4.69, 9.17) is 4.74 Å². The second-order valence-corrected chi connectivity index (χ2v) is 6.96. The van der Waals surface area contributed by atoms with E-state index in [9.17, 15) is 17.9 Å². The largest absolute Gasteiger partial charge is 0.760 e. The zero-order valence-electron chi connectivity index (χ0n) is 14.3. The number of carbonyl (C=O) groups excluding carboxylic acids is 1. The maximum absolute atomic E-state index is 14.4. The third kappa shape index (κ3) is 5.29. The molecule has 0 aromatic heterocycles. The number of halogens is 1. The number of amides is 1. The highest BCUT2D eigenvalue weighted by Gasteiger charge is 2.35. The Morgan fingerprint density at radius 1 is 1.40 bits per heavy atom. The van der Waals surface area contributed by atoms with E-state index in [1.807, 2.05) is 0 Å². The molecule has 1 saturated heterocycles. The minimum Gasteiger partial charge on any atom is -0.760 e. The highest BCUT2D eigenvalue weighted by atomic mass is 32.2. The molecule has 1 aromatic rings. The molecular formula is C16H23FN3O4S-. The van der Waals surface area contributed by atoms with Crippen LogP contribution in [0.25, 0.3) is 0 Å². The first kappa shape index (κ1) is 19.9. The molecule has 1 atom stereocenters. The number of rotatable bonds is 7. The molecule has 0 radical (unpaired) electrons. The molecule has 0 saturated carbocycles. The van der Waals surface area contributed by atoms with E-state index in [1.54, 1.807) is 26.2 Å². The van der Waals surface area contributed by atoms with E-state index in [1.165, 1.54) is 11.0 Å². The molecule has 1 aromatic carbocycles. The van der Waals surface area contributed by atoms with E-state index in [0.29, 0.717) is 26.1 Å². The third-order valence-electron chi connectivity index (χ3n) is 4.41. The lowest BCUT2D eigenvalue weighted by Gasteiger charge is -2.39. The minimum absolute atomic E-state index is 0.0647. The first-order valence-electron chi connectivity index (χ1n) is 7.99. The van der Waals surface area contributed by atoms with Crippen LogP contribution < -0.4 is 10.0 Å². The monoisotopic (exact) mass is 372 g/mol. The van der Waals surface area contributed by atoms with Crippen molar-refractivity contribution in [3.8, 4) is 0 Å². The summed E-state index contributed by atoms with van der Waals surface area (Å²) in [5, 5.41) is 3.28. The van der Waals surface area contributed by atoms with Gasteiger partial charge in [0, 0.05) is 56.2 Å². The highest BCUT2D eigenvalue weighted by Crippen LogP contribution is 2.33. The number of nitrogens with zero attached hydrogens (tertiary/aromatic N) is 1. The van der Waals surface area contributed by atoms with Gasteiger partial charge in [0.2, 0.25) is 5.91 Å². The Kier molecular flexibility index (Phi) is 7.03. The first-order valence-corrected chi connectivity index (χ1v) is 9.06. The van der Waals surface area contributed by atoms with Crippen LogP contribution in [0.1, 0.15) is 24.0 Å². The zero-order chi connectivity index (χ0) is 18.4. The van der Waals surface area contributed by atoms with Crippen LogP contribution in [0.3, 0.4) is 0 Å². The zero-order valence-corrected chi connectivity index (χ0v) is 15.2. The number of nitrogens with one attached hydrogen (secondary N) is 2. The molecule has 1 aliphatic rings. The van der Waals surface area contributed by atoms with E-state index in [-0.39, 0.29) is 24.6 Å². The van der Waals surface area contributed by atoms with E-state index < -0.39 is 22.6 Å². The topological polar surface area (TPSA) is 93.7 Å². The average molecular weight is 372 g/mol. The summed E-state index contributed by atoms with van der Waals surface area (Å²) >= 11 is -2.44. The molecule has 1 aliphatic heterocycles. The average Bonchev–Trinajstić information content (AvgIpc) is 2.59. The highest BCUT2D eigenvalue weighted by molar-refractivity contribution is 7.77. The summed E-state index contributed by atoms with van der Waals surface area (Å²) in [6.07, 6.45) is 1.24. The van der Waals surface area contributed by atoms with Crippen molar-refractivity contribution in [3.05, 3.63) is 35.1 Å². The van der Waals surface area contributed by atoms with Crippen LogP contribution in [-0.2, 0) is 32.9 Å². The quantitative estimate of drug-likeness (QED) is 0.676. The van der Waals surface area contributed by atoms with Crippen molar-refractivity contribution >= 4 is 17.2 Å². The van der Waals surface area contributed by atoms with Crippen LogP contribution in [0.5, 0.6) is 0 Å². The third-order valence-corrected chi connectivity index (χ3v) is 4.79. The van der Waals surface area contributed by atoms with Gasteiger partial charge < -0.3 is 14.2 Å². The fraction of sp³-hybridized carbons (Fsp3) is 0.562. The number of likely N-dealkylation sites (N-methyl/N-ethyl adjacent to an activating group) is 1. The van der Waals surface area contributed by atoms with Crippen molar-refractivity contribution in [1.82, 2.24) is 14.9 Å². The van der Waals surface area contributed by atoms with Crippen LogP contribution in [0.2, 0.25) is 0 Å². The van der Waals surface area contributed by atoms with E-state index in [0.717, 1.165) is 5.56 Å². The number of carbonyl (C=O) groups is 1. The lowest BCUT2D eigenvalue weighted by Crippen LogP contribution is -2.50. The Bertz CT molecular complexity index is 636. The van der Waals surface area contributed by atoms with Gasteiger partial charge in [0.25, 0.3) is 0 Å². The molecule has 0 spiro atoms. The van der Waals surface area contributed by atoms with Gasteiger partial charge >= 0.3 is 0 Å². The summed E-state index contributed by atoms with van der Waals surface area (Å²) in [6.45, 7) is 1.07. The molecule has 1 heterocycles. The molecular weight excluding hydrogens is 349 g/mol. The number of benzene rings is 1. The molecule has 1 fully saturated rings. The van der Waals surface area contributed by atoms with Crippen molar-refractivity contribution in [2.75, 3.05) is 33.9 Å². The normalized spacial score (nSPS) is 17.9. The Hall–Kier alpha value is -1.39. The van der Waals surface area contributed by atoms with Crippen molar-refractivity contribution in [3.63, 3.8) is 0 Å². The molecule has 2 rings (SSSR count). The summed E-state index contributed by atoms with van der Waals surface area (Å²) in [5.74, 6) is -0.549. The van der Waals surface area contributed by atoms with Gasteiger partial charge in [0.05, 0.1) is 6.54 Å². The maximum atomic E-state index is 14.4. The van der Waals surface area contributed by atoms with Gasteiger partial charge in [-0.2, -0.15) is 0 Å². The molecule has 7 nitrogen and oxygen atoms in total. The lowest BCUT2D eigenvalue weighted by atomic mass is 9.82. The Morgan fingerprint density at radius 2 is 2.08 bits per heavy atom. The summed E-state index contributed by atoms with van der Waals surface area (Å²) in [6, 6.07) is 4.74. The predicted octanol–water partition coefficient (Wildman–Crippen LogP) is 0.393. The molecule has 0 aliphatic carbocycles. The Morgan fingerprint density at radius 3 is 2.64 bits per heavy atom. The molecule has 1 unspecified atom stereocenters. The second kappa shape index (κ2) is 8.81. The van der Waals surface area contributed by atoms with Crippen molar-refractivity contribution in [2.45, 2.75) is 24.9 Å². The summed E-state index contributed by atoms with van der Waals surface area (Å²) in [7, 11) is 3.37. The summed E-state index contributed by atoms with van der Waals surface area (Å²) in [5.41, 5.74) is 0.448. The van der Waals surface area contributed by atoms with Crippen LogP contribution in [0.4, 0.5) is 4.39 Å². The van der Waals surface area contributed by atoms with Crippen LogP contribution in [-0.4, -0.2) is 53.4 Å². The van der Waals surface area contributed by atoms with Crippen LogP contribution in [0.15, 0.2) is 18.2 Å². The molecule has 25 heavy (non-hydrogen) atoms. The van der Waals surface area contributed by atoms with E-state index in [2.05, 4.69) is 10.0 Å². The predicted molar refractivity (Wildman–Crippen MR) is 90.6 cm³/mol. The van der Waals surface area contributed by atoms with E-state index >= 15 is 0 Å². The van der Waals surface area contributed by atoms with Gasteiger partial charge in [-0.1, -0.05) is 12.1 Å². The van der Waals surface area contributed by atoms with Crippen molar-refractivity contribution in [2.24, 2.45) is 0 Å². The van der Waals surface area contributed by atoms with Gasteiger partial charge in [0.15, 0.2) is 0 Å². The van der Waals surface area contributed by atoms with Crippen molar-refractivity contribution in [1.29, 1.82) is 0 Å². The fourth-order valence-electron chi connectivity index (χ4n) is 2.82. The Balaban J connectivity index is 2.20. The molecule has 140 valence electrons. The molecule has 0 bridgehead atoms. The summed E-state index contributed by atoms with van der Waals surface area (Å²) < 4.78 is 43.1. The summed E-state index contributed by atoms with van der Waals surface area (Å²) in [4.78, 5) is 13.4. The number of hydrogen-bond acceptors (Lipinski definition) is 5.